The van der Waals surface area contributed by atoms with Crippen LogP contribution in [0.25, 0.3) is 0 Å². The Balaban J connectivity index is 1.28. The normalized spacial score (nSPS) is 20.0. The second-order valence-electron chi connectivity index (χ2n) is 8.55. The number of piperazine rings is 1. The summed E-state index contributed by atoms with van der Waals surface area (Å²) in [6.45, 7) is 10.4. The van der Waals surface area contributed by atoms with Gasteiger partial charge in [0.05, 0.1) is 7.11 Å². The highest BCUT2D eigenvalue weighted by atomic mass is 16.5. The van der Waals surface area contributed by atoms with Gasteiger partial charge in [-0.15, -0.1) is 0 Å². The number of likely N-dealkylation sites (tertiary alicyclic amines) is 1. The molecule has 0 amide bonds. The number of ether oxygens (including phenoxy) is 1. The minimum Gasteiger partial charge on any atom is -0.497 e. The van der Waals surface area contributed by atoms with Crippen LogP contribution in [0, 0.1) is 0 Å². The molecule has 1 unspecified atom stereocenters. The van der Waals surface area contributed by atoms with Crippen molar-refractivity contribution in [3.63, 3.8) is 0 Å². The highest BCUT2D eigenvalue weighted by Gasteiger charge is 2.26. The van der Waals surface area contributed by atoms with Crippen molar-refractivity contribution in [1.29, 1.82) is 0 Å². The molecule has 4 rings (SSSR count). The standard InChI is InChI=1S/C25H36N6O/c1-4-29-13-15-30(16-14-29)24-10-5-20(17-27-24)18-28-25(26-2)31-12-11-22(19-31)21-6-8-23(32-3)9-7-21/h5-10,17,22H,4,11-16,18-19H2,1-3H3,(H,26,28). The van der Waals surface area contributed by atoms with Gasteiger partial charge >= 0.3 is 0 Å². The summed E-state index contributed by atoms with van der Waals surface area (Å²) in [4.78, 5) is 16.5. The molecule has 0 radical (unpaired) electrons. The fourth-order valence-electron chi connectivity index (χ4n) is 4.62. The summed E-state index contributed by atoms with van der Waals surface area (Å²) < 4.78 is 5.28. The number of methoxy groups -OCH3 is 1. The Kier molecular flexibility index (Phi) is 7.47. The molecule has 1 aromatic heterocycles. The molecule has 2 aliphatic heterocycles. The van der Waals surface area contributed by atoms with Gasteiger partial charge in [0.2, 0.25) is 0 Å². The topological polar surface area (TPSA) is 56.2 Å². The first-order chi connectivity index (χ1) is 15.7. The van der Waals surface area contributed by atoms with Crippen LogP contribution in [0.5, 0.6) is 5.75 Å². The molecular formula is C25H36N6O. The van der Waals surface area contributed by atoms with Gasteiger partial charge in [0.25, 0.3) is 0 Å². The van der Waals surface area contributed by atoms with Crippen molar-refractivity contribution in [2.75, 3.05) is 64.9 Å². The first-order valence-corrected chi connectivity index (χ1v) is 11.7. The SMILES string of the molecule is CCN1CCN(c2ccc(CNC(=NC)N3CCC(c4ccc(OC)cc4)C3)cn2)CC1. The van der Waals surface area contributed by atoms with E-state index in [4.69, 9.17) is 9.72 Å². The minimum absolute atomic E-state index is 0.522. The number of aromatic nitrogens is 1. The van der Waals surface area contributed by atoms with Crippen LogP contribution in [0.4, 0.5) is 5.82 Å². The molecule has 172 valence electrons. The average Bonchev–Trinajstić information content (AvgIpc) is 3.35. The Hall–Kier alpha value is -2.80. The second kappa shape index (κ2) is 10.7. The van der Waals surface area contributed by atoms with Gasteiger partial charge in [-0.2, -0.15) is 0 Å². The molecule has 0 bridgehead atoms. The Bertz CT molecular complexity index is 874. The van der Waals surface area contributed by atoms with Crippen LogP contribution in [0.2, 0.25) is 0 Å². The van der Waals surface area contributed by atoms with E-state index in [1.54, 1.807) is 7.11 Å². The van der Waals surface area contributed by atoms with Crippen molar-refractivity contribution in [2.45, 2.75) is 25.8 Å². The zero-order valence-electron chi connectivity index (χ0n) is 19.6. The molecule has 0 saturated carbocycles. The first kappa shape index (κ1) is 22.4. The van der Waals surface area contributed by atoms with Crippen LogP contribution < -0.4 is 15.0 Å². The van der Waals surface area contributed by atoms with E-state index < -0.39 is 0 Å². The van der Waals surface area contributed by atoms with Crippen molar-refractivity contribution in [3.05, 3.63) is 53.7 Å². The summed E-state index contributed by atoms with van der Waals surface area (Å²) in [7, 11) is 3.57. The van der Waals surface area contributed by atoms with E-state index in [-0.39, 0.29) is 0 Å². The van der Waals surface area contributed by atoms with Crippen LogP contribution in [0.1, 0.15) is 30.4 Å². The smallest absolute Gasteiger partial charge is 0.193 e. The Labute approximate surface area is 192 Å². The summed E-state index contributed by atoms with van der Waals surface area (Å²) in [5.74, 6) is 3.47. The number of anilines is 1. The van der Waals surface area contributed by atoms with Gasteiger partial charge < -0.3 is 24.8 Å². The van der Waals surface area contributed by atoms with Gasteiger partial charge in [0.1, 0.15) is 11.6 Å². The van der Waals surface area contributed by atoms with Gasteiger partial charge in [0.15, 0.2) is 5.96 Å². The zero-order valence-corrected chi connectivity index (χ0v) is 19.6. The lowest BCUT2D eigenvalue weighted by molar-refractivity contribution is 0.270. The van der Waals surface area contributed by atoms with E-state index in [0.29, 0.717) is 5.92 Å². The predicted octanol–water partition coefficient (Wildman–Crippen LogP) is 2.80. The third-order valence-electron chi connectivity index (χ3n) is 6.69. The Morgan fingerprint density at radius 2 is 1.88 bits per heavy atom. The Morgan fingerprint density at radius 1 is 1.09 bits per heavy atom. The van der Waals surface area contributed by atoms with E-state index in [1.807, 2.05) is 25.4 Å². The van der Waals surface area contributed by atoms with Gasteiger partial charge in [-0.25, -0.2) is 4.98 Å². The molecule has 2 saturated heterocycles. The number of likely N-dealkylation sites (N-methyl/N-ethyl adjacent to an activating group) is 1. The summed E-state index contributed by atoms with van der Waals surface area (Å²) >= 11 is 0. The number of nitrogens with one attached hydrogen (secondary N) is 1. The molecule has 2 fully saturated rings. The van der Waals surface area contributed by atoms with Gasteiger partial charge in [-0.05, 0) is 42.3 Å². The van der Waals surface area contributed by atoms with Gasteiger partial charge in [-0.3, -0.25) is 4.99 Å². The number of hydrogen-bond acceptors (Lipinski definition) is 5. The third-order valence-corrected chi connectivity index (χ3v) is 6.69. The van der Waals surface area contributed by atoms with Crippen LogP contribution in [0.15, 0.2) is 47.6 Å². The molecule has 7 heteroatoms. The summed E-state index contributed by atoms with van der Waals surface area (Å²) in [5, 5.41) is 3.53. The molecule has 2 aromatic rings. The molecule has 1 aromatic carbocycles. The van der Waals surface area contributed by atoms with E-state index in [2.05, 4.69) is 56.2 Å². The van der Waals surface area contributed by atoms with Crippen LogP contribution in [-0.4, -0.2) is 80.7 Å². The number of aliphatic imine (C=N–C) groups is 1. The van der Waals surface area contributed by atoms with Crippen LogP contribution in [-0.2, 0) is 6.54 Å². The van der Waals surface area contributed by atoms with Crippen molar-refractivity contribution in [1.82, 2.24) is 20.1 Å². The van der Waals surface area contributed by atoms with E-state index in [1.165, 1.54) is 11.1 Å². The number of benzene rings is 1. The number of nitrogens with zero attached hydrogens (tertiary/aromatic N) is 5. The fourth-order valence-corrected chi connectivity index (χ4v) is 4.62. The molecule has 1 N–H and O–H groups in total. The number of rotatable bonds is 6. The quantitative estimate of drug-likeness (QED) is 0.555. The van der Waals surface area contributed by atoms with E-state index >= 15 is 0 Å². The van der Waals surface area contributed by atoms with Crippen molar-refractivity contribution in [2.24, 2.45) is 4.99 Å². The van der Waals surface area contributed by atoms with Crippen molar-refractivity contribution < 1.29 is 4.74 Å². The fraction of sp³-hybridized carbons (Fsp3) is 0.520. The summed E-state index contributed by atoms with van der Waals surface area (Å²) in [6.07, 6.45) is 3.13. The molecule has 32 heavy (non-hydrogen) atoms. The van der Waals surface area contributed by atoms with Gasteiger partial charge in [0, 0.05) is 65.0 Å². The van der Waals surface area contributed by atoms with E-state index in [9.17, 15) is 0 Å². The molecule has 3 heterocycles. The highest BCUT2D eigenvalue weighted by Crippen LogP contribution is 2.28. The predicted molar refractivity (Wildman–Crippen MR) is 131 cm³/mol. The molecule has 0 spiro atoms. The molecular weight excluding hydrogens is 400 g/mol. The monoisotopic (exact) mass is 436 g/mol. The number of pyridine rings is 1. The average molecular weight is 437 g/mol. The van der Waals surface area contributed by atoms with E-state index in [0.717, 1.165) is 76.3 Å². The van der Waals surface area contributed by atoms with Crippen LogP contribution >= 0.6 is 0 Å². The molecule has 1 atom stereocenters. The zero-order chi connectivity index (χ0) is 22.3. The van der Waals surface area contributed by atoms with Crippen molar-refractivity contribution in [3.8, 4) is 5.75 Å². The summed E-state index contributed by atoms with van der Waals surface area (Å²) in [5.41, 5.74) is 2.54. The maximum Gasteiger partial charge on any atom is 0.193 e. The summed E-state index contributed by atoms with van der Waals surface area (Å²) in [6, 6.07) is 12.8. The minimum atomic E-state index is 0.522. The molecule has 7 nitrogen and oxygen atoms in total. The lowest BCUT2D eigenvalue weighted by atomic mass is 9.98. The third kappa shape index (κ3) is 5.33. The maximum absolute atomic E-state index is 5.28. The maximum atomic E-state index is 5.28. The van der Waals surface area contributed by atoms with Gasteiger partial charge in [-0.1, -0.05) is 25.1 Å². The Morgan fingerprint density at radius 3 is 2.50 bits per heavy atom. The van der Waals surface area contributed by atoms with Crippen LogP contribution in [0.3, 0.4) is 0 Å². The lowest BCUT2D eigenvalue weighted by Gasteiger charge is -2.34. The first-order valence-electron chi connectivity index (χ1n) is 11.7. The highest BCUT2D eigenvalue weighted by molar-refractivity contribution is 5.80. The largest absolute Gasteiger partial charge is 0.497 e. The number of hydrogen-bond donors (Lipinski definition) is 1. The van der Waals surface area contributed by atoms with Crippen molar-refractivity contribution >= 4 is 11.8 Å². The molecule has 0 aliphatic carbocycles. The molecule has 2 aliphatic rings. The second-order valence-corrected chi connectivity index (χ2v) is 8.55. The lowest BCUT2D eigenvalue weighted by Crippen LogP contribution is -2.46. The number of guanidine groups is 1.